The molecule has 27 heavy (non-hydrogen) atoms. The Morgan fingerprint density at radius 3 is 2.33 bits per heavy atom. The number of nitriles is 1. The number of nitrogens with zero attached hydrogens (tertiary/aromatic N) is 2. The Labute approximate surface area is 153 Å². The van der Waals surface area contributed by atoms with E-state index in [1.165, 1.54) is 13.1 Å². The maximum absolute atomic E-state index is 12.6. The highest BCUT2D eigenvalue weighted by Gasteiger charge is 2.31. The first-order valence-electron chi connectivity index (χ1n) is 7.73. The summed E-state index contributed by atoms with van der Waals surface area (Å²) in [5, 5.41) is 11.7. The first kappa shape index (κ1) is 19.8. The number of benzene rings is 1. The van der Waals surface area contributed by atoms with Crippen LogP contribution in [0.5, 0.6) is 0 Å². The van der Waals surface area contributed by atoms with Crippen LogP contribution in [0, 0.1) is 11.3 Å². The van der Waals surface area contributed by atoms with Gasteiger partial charge in [-0.15, -0.1) is 0 Å². The summed E-state index contributed by atoms with van der Waals surface area (Å²) in [6.45, 7) is 0. The standard InChI is InChI=1S/C19H14F3N3O2/c1-24-18(27)13-5-2-12(3-6-13)4-9-17(26)15(10-23)16-8-7-14(11-25-16)19(20,21)22/h2-9,11,15H,1H3,(H,24,27). The number of aromatic nitrogens is 1. The minimum atomic E-state index is -4.54. The van der Waals surface area contributed by atoms with Crippen molar-refractivity contribution in [3.63, 3.8) is 0 Å². The van der Waals surface area contributed by atoms with Gasteiger partial charge in [0.05, 0.1) is 17.3 Å². The highest BCUT2D eigenvalue weighted by molar-refractivity contribution is 6.00. The number of pyridine rings is 1. The molecule has 2 aromatic rings. The zero-order valence-corrected chi connectivity index (χ0v) is 14.1. The lowest BCUT2D eigenvalue weighted by atomic mass is 9.99. The van der Waals surface area contributed by atoms with Crippen molar-refractivity contribution in [3.8, 4) is 6.07 Å². The van der Waals surface area contributed by atoms with Crippen molar-refractivity contribution >= 4 is 17.8 Å². The van der Waals surface area contributed by atoms with E-state index in [9.17, 15) is 28.0 Å². The lowest BCUT2D eigenvalue weighted by molar-refractivity contribution is -0.137. The highest BCUT2D eigenvalue weighted by Crippen LogP contribution is 2.29. The lowest BCUT2D eigenvalue weighted by Crippen LogP contribution is -2.17. The Morgan fingerprint density at radius 2 is 1.85 bits per heavy atom. The fraction of sp³-hybridized carbons (Fsp3) is 0.158. The quantitative estimate of drug-likeness (QED) is 0.815. The van der Waals surface area contributed by atoms with Gasteiger partial charge in [0.25, 0.3) is 5.91 Å². The molecule has 0 radical (unpaired) electrons. The number of nitrogens with one attached hydrogen (secondary N) is 1. The summed E-state index contributed by atoms with van der Waals surface area (Å²) < 4.78 is 37.7. The second kappa shape index (κ2) is 8.27. The van der Waals surface area contributed by atoms with E-state index in [-0.39, 0.29) is 11.6 Å². The molecule has 1 heterocycles. The summed E-state index contributed by atoms with van der Waals surface area (Å²) >= 11 is 0. The Bertz CT molecular complexity index is 896. The predicted octanol–water partition coefficient (Wildman–Crippen LogP) is 3.35. The van der Waals surface area contributed by atoms with E-state index in [0.29, 0.717) is 17.3 Å². The maximum atomic E-state index is 12.6. The van der Waals surface area contributed by atoms with Crippen LogP contribution in [-0.4, -0.2) is 23.7 Å². The van der Waals surface area contributed by atoms with E-state index in [1.807, 2.05) is 0 Å². The fourth-order valence-corrected chi connectivity index (χ4v) is 2.18. The molecule has 0 aliphatic carbocycles. The van der Waals surface area contributed by atoms with Gasteiger partial charge in [0.15, 0.2) is 11.7 Å². The third kappa shape index (κ3) is 5.01. The van der Waals surface area contributed by atoms with Gasteiger partial charge in [-0.3, -0.25) is 14.6 Å². The zero-order chi connectivity index (χ0) is 20.0. The molecule has 0 aliphatic heterocycles. The molecule has 1 N–H and O–H groups in total. The Hall–Kier alpha value is -3.47. The van der Waals surface area contributed by atoms with Crippen LogP contribution >= 0.6 is 0 Å². The number of ketones is 1. The average Bonchev–Trinajstić information content (AvgIpc) is 2.66. The number of rotatable bonds is 5. The molecule has 0 bridgehead atoms. The van der Waals surface area contributed by atoms with E-state index in [4.69, 9.17) is 0 Å². The largest absolute Gasteiger partial charge is 0.417 e. The molecule has 0 spiro atoms. The normalized spacial score (nSPS) is 12.4. The van der Waals surface area contributed by atoms with Gasteiger partial charge in [-0.1, -0.05) is 18.2 Å². The van der Waals surface area contributed by atoms with Crippen molar-refractivity contribution in [2.45, 2.75) is 12.1 Å². The van der Waals surface area contributed by atoms with Crippen LogP contribution in [0.25, 0.3) is 6.08 Å². The first-order valence-corrected chi connectivity index (χ1v) is 7.73. The third-order valence-corrected chi connectivity index (χ3v) is 3.66. The molecule has 1 unspecified atom stereocenters. The molecule has 1 amide bonds. The van der Waals surface area contributed by atoms with Gasteiger partial charge in [0.1, 0.15) is 0 Å². The SMILES string of the molecule is CNC(=O)c1ccc(C=CC(=O)C(C#N)c2ccc(C(F)(F)F)cn2)cc1. The number of allylic oxidation sites excluding steroid dienone is 1. The van der Waals surface area contributed by atoms with E-state index in [2.05, 4.69) is 10.3 Å². The molecule has 0 saturated carbocycles. The number of hydrogen-bond acceptors (Lipinski definition) is 4. The van der Waals surface area contributed by atoms with Crippen molar-refractivity contribution in [3.05, 3.63) is 71.1 Å². The highest BCUT2D eigenvalue weighted by atomic mass is 19.4. The molecule has 1 aromatic heterocycles. The van der Waals surface area contributed by atoms with Crippen molar-refractivity contribution in [2.24, 2.45) is 0 Å². The minimum Gasteiger partial charge on any atom is -0.355 e. The fourth-order valence-electron chi connectivity index (χ4n) is 2.18. The average molecular weight is 373 g/mol. The van der Waals surface area contributed by atoms with E-state index < -0.39 is 23.4 Å². The number of amides is 1. The molecular formula is C19H14F3N3O2. The molecular weight excluding hydrogens is 359 g/mol. The van der Waals surface area contributed by atoms with Crippen LogP contribution in [0.4, 0.5) is 13.2 Å². The molecule has 0 aliphatic rings. The van der Waals surface area contributed by atoms with Crippen LogP contribution in [0.3, 0.4) is 0 Å². The molecule has 1 atom stereocenters. The second-order valence-corrected chi connectivity index (χ2v) is 5.47. The monoisotopic (exact) mass is 373 g/mol. The lowest BCUT2D eigenvalue weighted by Gasteiger charge is -2.08. The molecule has 8 heteroatoms. The van der Waals surface area contributed by atoms with Crippen molar-refractivity contribution in [1.82, 2.24) is 10.3 Å². The predicted molar refractivity (Wildman–Crippen MR) is 91.5 cm³/mol. The van der Waals surface area contributed by atoms with Crippen LogP contribution in [0.1, 0.15) is 33.1 Å². The zero-order valence-electron chi connectivity index (χ0n) is 14.1. The number of hydrogen-bond donors (Lipinski definition) is 1. The maximum Gasteiger partial charge on any atom is 0.417 e. The number of carbonyl (C=O) groups is 2. The topological polar surface area (TPSA) is 82.9 Å². The van der Waals surface area contributed by atoms with Gasteiger partial charge in [-0.05, 0) is 35.9 Å². The molecule has 5 nitrogen and oxygen atoms in total. The summed E-state index contributed by atoms with van der Waals surface area (Å²) in [6.07, 6.45) is -1.35. The van der Waals surface area contributed by atoms with E-state index >= 15 is 0 Å². The molecule has 138 valence electrons. The van der Waals surface area contributed by atoms with Gasteiger partial charge in [-0.2, -0.15) is 18.4 Å². The summed E-state index contributed by atoms with van der Waals surface area (Å²) in [4.78, 5) is 27.3. The van der Waals surface area contributed by atoms with Crippen LogP contribution in [0.15, 0.2) is 48.7 Å². The number of carbonyl (C=O) groups excluding carboxylic acids is 2. The van der Waals surface area contributed by atoms with Gasteiger partial charge < -0.3 is 5.32 Å². The summed E-state index contributed by atoms with van der Waals surface area (Å²) in [5.41, 5.74) is 0.0511. The van der Waals surface area contributed by atoms with E-state index in [0.717, 1.165) is 18.2 Å². The third-order valence-electron chi connectivity index (χ3n) is 3.66. The van der Waals surface area contributed by atoms with Gasteiger partial charge in [0.2, 0.25) is 0 Å². The Kier molecular flexibility index (Phi) is 6.08. The Balaban J connectivity index is 2.14. The van der Waals surface area contributed by atoms with E-state index in [1.54, 1.807) is 30.3 Å². The smallest absolute Gasteiger partial charge is 0.355 e. The van der Waals surface area contributed by atoms with Gasteiger partial charge >= 0.3 is 6.18 Å². The van der Waals surface area contributed by atoms with Crippen molar-refractivity contribution in [2.75, 3.05) is 7.05 Å². The van der Waals surface area contributed by atoms with Gasteiger partial charge in [-0.25, -0.2) is 0 Å². The molecule has 1 aromatic carbocycles. The molecule has 0 fully saturated rings. The first-order chi connectivity index (χ1) is 12.8. The summed E-state index contributed by atoms with van der Waals surface area (Å²) in [7, 11) is 1.51. The van der Waals surface area contributed by atoms with Gasteiger partial charge in [0, 0.05) is 18.8 Å². The summed E-state index contributed by atoms with van der Waals surface area (Å²) in [6, 6.07) is 9.92. The molecule has 2 rings (SSSR count). The summed E-state index contributed by atoms with van der Waals surface area (Å²) in [5.74, 6) is -2.17. The number of halogens is 3. The minimum absolute atomic E-state index is 0.0601. The molecule has 0 saturated heterocycles. The van der Waals surface area contributed by atoms with Crippen molar-refractivity contribution in [1.29, 1.82) is 5.26 Å². The number of alkyl halides is 3. The second-order valence-electron chi connectivity index (χ2n) is 5.47. The van der Waals surface area contributed by atoms with Crippen LogP contribution in [0.2, 0.25) is 0 Å². The van der Waals surface area contributed by atoms with Crippen molar-refractivity contribution < 1.29 is 22.8 Å². The van der Waals surface area contributed by atoms with Crippen LogP contribution in [-0.2, 0) is 11.0 Å². The Morgan fingerprint density at radius 1 is 1.19 bits per heavy atom. The van der Waals surface area contributed by atoms with Crippen LogP contribution < -0.4 is 5.32 Å².